The summed E-state index contributed by atoms with van der Waals surface area (Å²) in [4.78, 5) is 13.8. The van der Waals surface area contributed by atoms with Crippen molar-refractivity contribution in [1.82, 2.24) is 4.72 Å². The van der Waals surface area contributed by atoms with E-state index in [0.29, 0.717) is 13.0 Å². The van der Waals surface area contributed by atoms with E-state index in [1.165, 1.54) is 0 Å². The Morgan fingerprint density at radius 3 is 2.68 bits per heavy atom. The van der Waals surface area contributed by atoms with E-state index in [1.807, 2.05) is 25.1 Å². The van der Waals surface area contributed by atoms with Crippen molar-refractivity contribution in [3.8, 4) is 0 Å². The number of hydrogen-bond acceptors (Lipinski definition) is 3. The molecule has 2 rings (SSSR count). The minimum absolute atomic E-state index is 0.202. The summed E-state index contributed by atoms with van der Waals surface area (Å²) in [5.74, 6) is -0.202. The van der Waals surface area contributed by atoms with Gasteiger partial charge >= 0.3 is 0 Å². The summed E-state index contributed by atoms with van der Waals surface area (Å²) in [6, 6.07) is 4.98. The van der Waals surface area contributed by atoms with Crippen molar-refractivity contribution in [3.63, 3.8) is 0 Å². The fourth-order valence-corrected chi connectivity index (χ4v) is 3.08. The summed E-state index contributed by atoms with van der Waals surface area (Å²) in [6.07, 6.45) is 1.55. The first-order chi connectivity index (χ1) is 8.78. The molecule has 0 aromatic heterocycles. The molecule has 1 amide bonds. The lowest BCUT2D eigenvalue weighted by Crippen LogP contribution is -2.41. The van der Waals surface area contributed by atoms with Crippen LogP contribution in [0.1, 0.15) is 12.0 Å². The van der Waals surface area contributed by atoms with Crippen molar-refractivity contribution in [2.75, 3.05) is 17.7 Å². The number of carbonyl (C=O) groups excluding carboxylic acids is 1. The van der Waals surface area contributed by atoms with Gasteiger partial charge in [-0.15, -0.1) is 0 Å². The Morgan fingerprint density at radius 1 is 1.42 bits per heavy atom. The number of sulfonamides is 1. The summed E-state index contributed by atoms with van der Waals surface area (Å²) >= 11 is 3.41. The second-order valence-electron chi connectivity index (χ2n) is 4.65. The monoisotopic (exact) mass is 346 g/mol. The average Bonchev–Trinajstić information content (AvgIpc) is 2.63. The van der Waals surface area contributed by atoms with Gasteiger partial charge < -0.3 is 4.90 Å². The summed E-state index contributed by atoms with van der Waals surface area (Å²) in [7, 11) is -3.37. The molecule has 1 saturated heterocycles. The van der Waals surface area contributed by atoms with E-state index in [9.17, 15) is 13.2 Å². The molecule has 1 aliphatic heterocycles. The number of aryl methyl sites for hydroxylation is 1. The summed E-state index contributed by atoms with van der Waals surface area (Å²) in [5, 5.41) is 0. The van der Waals surface area contributed by atoms with Gasteiger partial charge in [-0.2, -0.15) is 0 Å². The zero-order valence-electron chi connectivity index (χ0n) is 10.7. The lowest BCUT2D eigenvalue weighted by Gasteiger charge is -2.18. The van der Waals surface area contributed by atoms with E-state index in [-0.39, 0.29) is 5.91 Å². The van der Waals surface area contributed by atoms with Gasteiger partial charge in [0, 0.05) is 16.7 Å². The lowest BCUT2D eigenvalue weighted by molar-refractivity contribution is -0.118. The molecule has 1 fully saturated rings. The Balaban J connectivity index is 2.20. The minimum Gasteiger partial charge on any atom is -0.311 e. The standard InChI is InChI=1S/C12H15BrN2O3S/c1-8-7-9(3-4-10(8)13)15-6-5-11(12(15)16)14-19(2,17)18/h3-4,7,11,14H,5-6H2,1-2H3/t11-/m1/s1. The lowest BCUT2D eigenvalue weighted by atomic mass is 10.2. The van der Waals surface area contributed by atoms with Crippen LogP contribution in [-0.2, 0) is 14.8 Å². The Labute approximate surface area is 121 Å². The quantitative estimate of drug-likeness (QED) is 0.899. The molecule has 1 heterocycles. The highest BCUT2D eigenvalue weighted by atomic mass is 79.9. The third-order valence-electron chi connectivity index (χ3n) is 3.02. The number of halogens is 1. The molecule has 0 saturated carbocycles. The maximum absolute atomic E-state index is 12.2. The van der Waals surface area contributed by atoms with Crippen molar-refractivity contribution in [2.45, 2.75) is 19.4 Å². The Bertz CT molecular complexity index is 615. The maximum atomic E-state index is 12.2. The predicted octanol–water partition coefficient (Wildman–Crippen LogP) is 1.41. The molecule has 0 bridgehead atoms. The Hall–Kier alpha value is -0.920. The molecule has 1 atom stereocenters. The van der Waals surface area contributed by atoms with Gasteiger partial charge in [-0.3, -0.25) is 4.79 Å². The number of hydrogen-bond donors (Lipinski definition) is 1. The number of carbonyl (C=O) groups is 1. The van der Waals surface area contributed by atoms with Crippen molar-refractivity contribution in [1.29, 1.82) is 0 Å². The van der Waals surface area contributed by atoms with Gasteiger partial charge in [-0.1, -0.05) is 15.9 Å². The molecule has 1 aliphatic rings. The highest BCUT2D eigenvalue weighted by molar-refractivity contribution is 9.10. The van der Waals surface area contributed by atoms with Crippen LogP contribution in [0.2, 0.25) is 0 Å². The van der Waals surface area contributed by atoms with Gasteiger partial charge in [-0.25, -0.2) is 13.1 Å². The summed E-state index contributed by atoms with van der Waals surface area (Å²) < 4.78 is 25.7. The zero-order valence-corrected chi connectivity index (χ0v) is 13.1. The van der Waals surface area contributed by atoms with Gasteiger partial charge in [0.05, 0.1) is 6.26 Å². The van der Waals surface area contributed by atoms with E-state index in [4.69, 9.17) is 0 Å². The fourth-order valence-electron chi connectivity index (χ4n) is 2.10. The molecule has 0 unspecified atom stereocenters. The molecule has 104 valence electrons. The minimum atomic E-state index is -3.37. The third-order valence-corrected chi connectivity index (χ3v) is 4.62. The molecular weight excluding hydrogens is 332 g/mol. The van der Waals surface area contributed by atoms with E-state index in [1.54, 1.807) is 4.90 Å². The van der Waals surface area contributed by atoms with Crippen molar-refractivity contribution in [2.24, 2.45) is 0 Å². The first-order valence-electron chi connectivity index (χ1n) is 5.83. The van der Waals surface area contributed by atoms with E-state index >= 15 is 0 Å². The van der Waals surface area contributed by atoms with Gasteiger partial charge in [0.2, 0.25) is 15.9 Å². The molecule has 0 radical (unpaired) electrons. The van der Waals surface area contributed by atoms with Gasteiger partial charge in [0.25, 0.3) is 0 Å². The van der Waals surface area contributed by atoms with Crippen molar-refractivity contribution < 1.29 is 13.2 Å². The van der Waals surface area contributed by atoms with Gasteiger partial charge in [-0.05, 0) is 37.1 Å². The third kappa shape index (κ3) is 3.34. The highest BCUT2D eigenvalue weighted by Crippen LogP contribution is 2.26. The van der Waals surface area contributed by atoms with Gasteiger partial charge in [0.1, 0.15) is 6.04 Å². The van der Waals surface area contributed by atoms with Crippen LogP contribution < -0.4 is 9.62 Å². The molecule has 19 heavy (non-hydrogen) atoms. The van der Waals surface area contributed by atoms with Crippen LogP contribution in [-0.4, -0.2) is 33.2 Å². The van der Waals surface area contributed by atoms with Crippen LogP contribution in [0, 0.1) is 6.92 Å². The fraction of sp³-hybridized carbons (Fsp3) is 0.417. The van der Waals surface area contributed by atoms with Crippen LogP contribution in [0.5, 0.6) is 0 Å². The second-order valence-corrected chi connectivity index (χ2v) is 7.29. The van der Waals surface area contributed by atoms with Crippen LogP contribution in [0.3, 0.4) is 0 Å². The summed E-state index contributed by atoms with van der Waals surface area (Å²) in [5.41, 5.74) is 1.83. The van der Waals surface area contributed by atoms with Crippen LogP contribution >= 0.6 is 15.9 Å². The number of rotatable bonds is 3. The molecule has 0 aliphatic carbocycles. The maximum Gasteiger partial charge on any atom is 0.245 e. The second kappa shape index (κ2) is 5.22. The number of amides is 1. The Morgan fingerprint density at radius 2 is 2.11 bits per heavy atom. The van der Waals surface area contributed by atoms with E-state index in [0.717, 1.165) is 22.0 Å². The van der Waals surface area contributed by atoms with Crippen LogP contribution in [0.15, 0.2) is 22.7 Å². The Kier molecular flexibility index (Phi) is 3.98. The number of anilines is 1. The first kappa shape index (κ1) is 14.5. The van der Waals surface area contributed by atoms with E-state index < -0.39 is 16.1 Å². The zero-order chi connectivity index (χ0) is 14.2. The molecule has 1 N–H and O–H groups in total. The normalized spacial score (nSPS) is 20.1. The molecule has 0 spiro atoms. The SMILES string of the molecule is Cc1cc(N2CC[C@@H](NS(C)(=O)=O)C2=O)ccc1Br. The number of benzene rings is 1. The number of nitrogens with one attached hydrogen (secondary N) is 1. The molecule has 5 nitrogen and oxygen atoms in total. The van der Waals surface area contributed by atoms with Crippen molar-refractivity contribution in [3.05, 3.63) is 28.2 Å². The first-order valence-corrected chi connectivity index (χ1v) is 8.51. The highest BCUT2D eigenvalue weighted by Gasteiger charge is 2.34. The molecule has 1 aromatic carbocycles. The molecular formula is C12H15BrN2O3S. The van der Waals surface area contributed by atoms with Gasteiger partial charge in [0.15, 0.2) is 0 Å². The largest absolute Gasteiger partial charge is 0.311 e. The predicted molar refractivity (Wildman–Crippen MR) is 77.6 cm³/mol. The van der Waals surface area contributed by atoms with Crippen LogP contribution in [0.25, 0.3) is 0 Å². The summed E-state index contributed by atoms with van der Waals surface area (Å²) in [6.45, 7) is 2.47. The topological polar surface area (TPSA) is 66.5 Å². The molecule has 7 heteroatoms. The average molecular weight is 347 g/mol. The van der Waals surface area contributed by atoms with E-state index in [2.05, 4.69) is 20.7 Å². The molecule has 1 aromatic rings. The smallest absolute Gasteiger partial charge is 0.245 e. The van der Waals surface area contributed by atoms with Crippen molar-refractivity contribution >= 4 is 37.5 Å². The number of nitrogens with zero attached hydrogens (tertiary/aromatic N) is 1. The van der Waals surface area contributed by atoms with Crippen LogP contribution in [0.4, 0.5) is 5.69 Å².